The quantitative estimate of drug-likeness (QED) is 0.841. The topological polar surface area (TPSA) is 34.1 Å². The maximum absolute atomic E-state index is 5.87. The molecule has 1 aliphatic heterocycles. The molecule has 3 rings (SSSR count). The van der Waals surface area contributed by atoms with Crippen LogP contribution in [0.15, 0.2) is 24.3 Å². The standard InChI is InChI=1S/C11H12N2OS/c1-2-4-10-9(3-1)11(13-15-10)14-8-5-6-12-7-8/h1-4,8,12H,5-7H2/t8-/m0/s1. The number of benzene rings is 1. The highest BCUT2D eigenvalue weighted by atomic mass is 32.1. The van der Waals surface area contributed by atoms with Crippen LogP contribution < -0.4 is 10.1 Å². The van der Waals surface area contributed by atoms with Gasteiger partial charge >= 0.3 is 0 Å². The van der Waals surface area contributed by atoms with E-state index in [1.807, 2.05) is 12.1 Å². The lowest BCUT2D eigenvalue weighted by atomic mass is 10.3. The summed E-state index contributed by atoms with van der Waals surface area (Å²) in [4.78, 5) is 0. The molecule has 15 heavy (non-hydrogen) atoms. The van der Waals surface area contributed by atoms with Crippen LogP contribution in [0.5, 0.6) is 5.88 Å². The zero-order chi connectivity index (χ0) is 10.1. The van der Waals surface area contributed by atoms with E-state index in [0.717, 1.165) is 30.8 Å². The van der Waals surface area contributed by atoms with Gasteiger partial charge in [-0.3, -0.25) is 0 Å². The van der Waals surface area contributed by atoms with Crippen LogP contribution in [0.1, 0.15) is 6.42 Å². The Kier molecular flexibility index (Phi) is 2.31. The summed E-state index contributed by atoms with van der Waals surface area (Å²) in [6.45, 7) is 1.98. The molecule has 1 aliphatic rings. The van der Waals surface area contributed by atoms with Crippen LogP contribution in [0.3, 0.4) is 0 Å². The second-order valence-electron chi connectivity index (χ2n) is 3.72. The van der Waals surface area contributed by atoms with Gasteiger partial charge in [0.15, 0.2) is 0 Å². The number of rotatable bonds is 2. The number of hydrogen-bond acceptors (Lipinski definition) is 4. The number of aromatic nitrogens is 1. The summed E-state index contributed by atoms with van der Waals surface area (Å²) in [5.74, 6) is 0.796. The number of hydrogen-bond donors (Lipinski definition) is 1. The molecule has 0 amide bonds. The van der Waals surface area contributed by atoms with E-state index in [2.05, 4.69) is 21.8 Å². The van der Waals surface area contributed by atoms with Crippen molar-refractivity contribution in [1.29, 1.82) is 0 Å². The van der Waals surface area contributed by atoms with Crippen LogP contribution in [-0.4, -0.2) is 23.6 Å². The molecule has 1 atom stereocenters. The van der Waals surface area contributed by atoms with Crippen molar-refractivity contribution in [2.75, 3.05) is 13.1 Å². The van der Waals surface area contributed by atoms with Gasteiger partial charge in [-0.1, -0.05) is 12.1 Å². The van der Waals surface area contributed by atoms with E-state index in [0.29, 0.717) is 0 Å². The van der Waals surface area contributed by atoms with Crippen molar-refractivity contribution in [2.45, 2.75) is 12.5 Å². The summed E-state index contributed by atoms with van der Waals surface area (Å²) in [7, 11) is 0. The number of nitrogens with zero attached hydrogens (tertiary/aromatic N) is 1. The molecule has 2 aromatic rings. The second-order valence-corrected chi connectivity index (χ2v) is 4.52. The third-order valence-electron chi connectivity index (χ3n) is 2.64. The lowest BCUT2D eigenvalue weighted by Crippen LogP contribution is -2.19. The highest BCUT2D eigenvalue weighted by molar-refractivity contribution is 7.13. The molecule has 0 radical (unpaired) electrons. The maximum Gasteiger partial charge on any atom is 0.233 e. The zero-order valence-corrected chi connectivity index (χ0v) is 9.09. The SMILES string of the molecule is c1ccc2c(O[C@H]3CCNC3)nsc2c1. The molecule has 0 spiro atoms. The summed E-state index contributed by atoms with van der Waals surface area (Å²) >= 11 is 1.50. The van der Waals surface area contributed by atoms with Crippen LogP contribution >= 0.6 is 11.5 Å². The molecule has 0 aliphatic carbocycles. The minimum Gasteiger partial charge on any atom is -0.472 e. The predicted molar refractivity (Wildman–Crippen MR) is 61.5 cm³/mol. The summed E-state index contributed by atoms with van der Waals surface area (Å²) in [6.07, 6.45) is 1.36. The number of nitrogens with one attached hydrogen (secondary N) is 1. The highest BCUT2D eigenvalue weighted by Crippen LogP contribution is 2.29. The minimum absolute atomic E-state index is 0.288. The van der Waals surface area contributed by atoms with Gasteiger partial charge in [0, 0.05) is 6.54 Å². The van der Waals surface area contributed by atoms with Crippen LogP contribution in [0, 0.1) is 0 Å². The fourth-order valence-electron chi connectivity index (χ4n) is 1.83. The third-order valence-corrected chi connectivity index (χ3v) is 3.45. The Balaban J connectivity index is 1.90. The average Bonchev–Trinajstić information content (AvgIpc) is 2.89. The third kappa shape index (κ3) is 1.70. The smallest absolute Gasteiger partial charge is 0.233 e. The maximum atomic E-state index is 5.87. The molecule has 0 bridgehead atoms. The molecule has 2 heterocycles. The Morgan fingerprint density at radius 2 is 2.33 bits per heavy atom. The molecule has 78 valence electrons. The van der Waals surface area contributed by atoms with Gasteiger partial charge in [0.1, 0.15) is 6.10 Å². The van der Waals surface area contributed by atoms with E-state index >= 15 is 0 Å². The summed E-state index contributed by atoms with van der Waals surface area (Å²) in [6, 6.07) is 8.20. The second kappa shape index (κ2) is 3.79. The fraction of sp³-hybridized carbons (Fsp3) is 0.364. The van der Waals surface area contributed by atoms with Crippen molar-refractivity contribution in [1.82, 2.24) is 9.69 Å². The molecule has 3 nitrogen and oxygen atoms in total. The van der Waals surface area contributed by atoms with Crippen molar-refractivity contribution in [3.8, 4) is 5.88 Å². The van der Waals surface area contributed by atoms with Crippen LogP contribution in [0.4, 0.5) is 0 Å². The molecular weight excluding hydrogens is 208 g/mol. The van der Waals surface area contributed by atoms with Gasteiger partial charge in [-0.25, -0.2) is 0 Å². The molecule has 1 aromatic carbocycles. The van der Waals surface area contributed by atoms with E-state index in [9.17, 15) is 0 Å². The Morgan fingerprint density at radius 1 is 1.40 bits per heavy atom. The van der Waals surface area contributed by atoms with Crippen LogP contribution in [0.25, 0.3) is 10.1 Å². The summed E-state index contributed by atoms with van der Waals surface area (Å²) in [5.41, 5.74) is 0. The predicted octanol–water partition coefficient (Wildman–Crippen LogP) is 2.04. The molecule has 1 aromatic heterocycles. The van der Waals surface area contributed by atoms with Gasteiger partial charge in [-0.2, -0.15) is 4.37 Å². The van der Waals surface area contributed by atoms with E-state index < -0.39 is 0 Å². The molecule has 1 saturated heterocycles. The molecule has 1 fully saturated rings. The van der Waals surface area contributed by atoms with Crippen molar-refractivity contribution in [3.05, 3.63) is 24.3 Å². The minimum atomic E-state index is 0.288. The van der Waals surface area contributed by atoms with Crippen LogP contribution in [0.2, 0.25) is 0 Å². The van der Waals surface area contributed by atoms with E-state index in [-0.39, 0.29) is 6.10 Å². The molecular formula is C11H12N2OS. The molecule has 4 heteroatoms. The number of ether oxygens (including phenoxy) is 1. The molecule has 0 saturated carbocycles. The monoisotopic (exact) mass is 220 g/mol. The Hall–Kier alpha value is -1.13. The van der Waals surface area contributed by atoms with Gasteiger partial charge in [-0.05, 0) is 36.6 Å². The van der Waals surface area contributed by atoms with Gasteiger partial charge in [0.05, 0.1) is 10.1 Å². The molecule has 1 N–H and O–H groups in total. The first-order valence-electron chi connectivity index (χ1n) is 5.15. The van der Waals surface area contributed by atoms with E-state index in [1.54, 1.807) is 0 Å². The normalized spacial score (nSPS) is 20.9. The average molecular weight is 220 g/mol. The first-order chi connectivity index (χ1) is 7.43. The Bertz CT molecular complexity index is 462. The van der Waals surface area contributed by atoms with Gasteiger partial charge in [-0.15, -0.1) is 0 Å². The van der Waals surface area contributed by atoms with E-state index in [4.69, 9.17) is 4.74 Å². The van der Waals surface area contributed by atoms with Gasteiger partial charge < -0.3 is 10.1 Å². The van der Waals surface area contributed by atoms with Crippen molar-refractivity contribution in [2.24, 2.45) is 0 Å². The molecule has 0 unspecified atom stereocenters. The van der Waals surface area contributed by atoms with E-state index in [1.165, 1.54) is 16.2 Å². The first kappa shape index (κ1) is 9.12. The summed E-state index contributed by atoms with van der Waals surface area (Å²) in [5, 5.41) is 4.42. The highest BCUT2D eigenvalue weighted by Gasteiger charge is 2.18. The van der Waals surface area contributed by atoms with Gasteiger partial charge in [0.25, 0.3) is 0 Å². The fourth-order valence-corrected chi connectivity index (χ4v) is 2.55. The van der Waals surface area contributed by atoms with Crippen LogP contribution in [-0.2, 0) is 0 Å². The number of fused-ring (bicyclic) bond motifs is 1. The summed E-state index contributed by atoms with van der Waals surface area (Å²) < 4.78 is 11.4. The largest absolute Gasteiger partial charge is 0.472 e. The Labute approximate surface area is 92.2 Å². The van der Waals surface area contributed by atoms with Crippen molar-refractivity contribution in [3.63, 3.8) is 0 Å². The first-order valence-corrected chi connectivity index (χ1v) is 5.92. The van der Waals surface area contributed by atoms with Crippen molar-refractivity contribution >= 4 is 21.6 Å². The zero-order valence-electron chi connectivity index (χ0n) is 8.27. The Morgan fingerprint density at radius 3 is 3.20 bits per heavy atom. The lowest BCUT2D eigenvalue weighted by Gasteiger charge is -2.09. The van der Waals surface area contributed by atoms with Gasteiger partial charge in [0.2, 0.25) is 5.88 Å². The van der Waals surface area contributed by atoms with Crippen molar-refractivity contribution < 1.29 is 4.74 Å². The lowest BCUT2D eigenvalue weighted by molar-refractivity contribution is 0.219.